The van der Waals surface area contributed by atoms with Gasteiger partial charge in [-0.15, -0.1) is 0 Å². The van der Waals surface area contributed by atoms with Gasteiger partial charge in [0, 0.05) is 10.0 Å². The van der Waals surface area contributed by atoms with E-state index in [1.165, 1.54) is 0 Å². The molecular formula is C12H9BrN4O. The van der Waals surface area contributed by atoms with Gasteiger partial charge in [-0.1, -0.05) is 28.1 Å². The van der Waals surface area contributed by atoms with Gasteiger partial charge in [0.05, 0.1) is 11.9 Å². The van der Waals surface area contributed by atoms with Gasteiger partial charge in [-0.05, 0) is 19.1 Å². The lowest BCUT2D eigenvalue weighted by Crippen LogP contribution is -2.14. The number of rotatable bonds is 1. The number of H-pyrrole nitrogens is 1. The zero-order valence-electron chi connectivity index (χ0n) is 9.51. The summed E-state index contributed by atoms with van der Waals surface area (Å²) in [4.78, 5) is 18.5. The average Bonchev–Trinajstić information content (AvgIpc) is 2.73. The van der Waals surface area contributed by atoms with Crippen LogP contribution in [0.5, 0.6) is 0 Å². The van der Waals surface area contributed by atoms with Gasteiger partial charge in [-0.25, -0.2) is 9.50 Å². The van der Waals surface area contributed by atoms with E-state index in [0.29, 0.717) is 11.5 Å². The van der Waals surface area contributed by atoms with E-state index in [-0.39, 0.29) is 5.56 Å². The smallest absolute Gasteiger partial charge is 0.273 e. The second kappa shape index (κ2) is 4.06. The Labute approximate surface area is 111 Å². The van der Waals surface area contributed by atoms with Gasteiger partial charge in [0.15, 0.2) is 0 Å². The molecule has 0 atom stereocenters. The number of aromatic nitrogens is 4. The lowest BCUT2D eigenvalue weighted by Gasteiger charge is -1.94. The molecule has 0 bridgehead atoms. The number of imidazole rings is 1. The molecule has 0 unspecified atom stereocenters. The summed E-state index contributed by atoms with van der Waals surface area (Å²) in [5.41, 5.74) is 1.95. The first-order chi connectivity index (χ1) is 8.63. The molecule has 3 rings (SSSR count). The van der Waals surface area contributed by atoms with E-state index in [0.717, 1.165) is 15.7 Å². The predicted octanol–water partition coefficient (Wildman–Crippen LogP) is 2.16. The largest absolute Gasteiger partial charge is 0.289 e. The number of hydrogen-bond acceptors (Lipinski definition) is 3. The zero-order chi connectivity index (χ0) is 12.7. The molecule has 3 aromatic rings. The molecule has 18 heavy (non-hydrogen) atoms. The van der Waals surface area contributed by atoms with E-state index >= 15 is 0 Å². The summed E-state index contributed by atoms with van der Waals surface area (Å²) < 4.78 is 2.59. The number of hydrogen-bond donors (Lipinski definition) is 1. The van der Waals surface area contributed by atoms with E-state index in [2.05, 4.69) is 31.0 Å². The number of nitrogens with one attached hydrogen (secondary N) is 1. The number of benzene rings is 1. The molecule has 6 heteroatoms. The van der Waals surface area contributed by atoms with Gasteiger partial charge in [0.1, 0.15) is 5.69 Å². The summed E-state index contributed by atoms with van der Waals surface area (Å²) in [6, 6.07) is 7.80. The van der Waals surface area contributed by atoms with Gasteiger partial charge < -0.3 is 0 Å². The first-order valence-corrected chi connectivity index (χ1v) is 6.15. The zero-order valence-corrected chi connectivity index (χ0v) is 11.1. The lowest BCUT2D eigenvalue weighted by atomic mass is 10.2. The predicted molar refractivity (Wildman–Crippen MR) is 71.5 cm³/mol. The molecule has 1 N–H and O–H groups in total. The Hall–Kier alpha value is -1.95. The maximum Gasteiger partial charge on any atom is 0.273 e. The van der Waals surface area contributed by atoms with E-state index in [4.69, 9.17) is 0 Å². The maximum absolute atomic E-state index is 11.4. The molecule has 0 aliphatic heterocycles. The second-order valence-corrected chi connectivity index (χ2v) is 4.86. The van der Waals surface area contributed by atoms with Crippen molar-refractivity contribution in [3.05, 3.63) is 51.0 Å². The molecule has 0 saturated carbocycles. The average molecular weight is 305 g/mol. The highest BCUT2D eigenvalue weighted by Crippen LogP contribution is 2.20. The van der Waals surface area contributed by atoms with Crippen LogP contribution in [0.1, 0.15) is 5.69 Å². The van der Waals surface area contributed by atoms with Crippen molar-refractivity contribution in [2.75, 3.05) is 0 Å². The van der Waals surface area contributed by atoms with Crippen molar-refractivity contribution < 1.29 is 0 Å². The third-order valence-corrected chi connectivity index (χ3v) is 3.17. The van der Waals surface area contributed by atoms with E-state index < -0.39 is 0 Å². The lowest BCUT2D eigenvalue weighted by molar-refractivity contribution is 0.850. The van der Waals surface area contributed by atoms with Crippen LogP contribution in [-0.2, 0) is 0 Å². The fraction of sp³-hybridized carbons (Fsp3) is 0.0833. The number of halogens is 1. The van der Waals surface area contributed by atoms with Crippen molar-refractivity contribution in [1.29, 1.82) is 0 Å². The first-order valence-electron chi connectivity index (χ1n) is 5.36. The Morgan fingerprint density at radius 3 is 2.72 bits per heavy atom. The van der Waals surface area contributed by atoms with Crippen molar-refractivity contribution in [2.45, 2.75) is 6.92 Å². The minimum absolute atomic E-state index is 0.213. The van der Waals surface area contributed by atoms with E-state index in [1.807, 2.05) is 24.3 Å². The number of aryl methyl sites for hydroxylation is 1. The highest BCUT2D eigenvalue weighted by Gasteiger charge is 2.07. The molecule has 0 fully saturated rings. The molecule has 2 aromatic heterocycles. The molecule has 0 spiro atoms. The minimum Gasteiger partial charge on any atom is -0.289 e. The summed E-state index contributed by atoms with van der Waals surface area (Å²) >= 11 is 3.39. The van der Waals surface area contributed by atoms with Crippen LogP contribution >= 0.6 is 15.9 Å². The molecular weight excluding hydrogens is 296 g/mol. The number of fused-ring (bicyclic) bond motifs is 1. The van der Waals surface area contributed by atoms with Gasteiger partial charge in [0.25, 0.3) is 5.56 Å². The van der Waals surface area contributed by atoms with Gasteiger partial charge in [0.2, 0.25) is 5.78 Å². The number of nitrogens with zero attached hydrogens (tertiary/aromatic N) is 3. The Bertz CT molecular complexity index is 773. The topological polar surface area (TPSA) is 63.1 Å². The second-order valence-electron chi connectivity index (χ2n) is 3.94. The van der Waals surface area contributed by atoms with Crippen molar-refractivity contribution in [3.63, 3.8) is 0 Å². The molecule has 0 amide bonds. The molecule has 90 valence electrons. The standard InChI is InChI=1S/C12H9BrN4O/c1-7-11(18)15-12-14-10(6-17(12)16-7)8-2-4-9(13)5-3-8/h2-6H,1H3,(H,14,15,18). The number of aromatic amines is 1. The Morgan fingerprint density at radius 2 is 2.00 bits per heavy atom. The first kappa shape index (κ1) is 11.2. The highest BCUT2D eigenvalue weighted by atomic mass is 79.9. The minimum atomic E-state index is -0.213. The van der Waals surface area contributed by atoms with Crippen molar-refractivity contribution in [3.8, 4) is 11.3 Å². The fourth-order valence-electron chi connectivity index (χ4n) is 1.69. The van der Waals surface area contributed by atoms with Crippen LogP contribution in [0.25, 0.3) is 17.0 Å². The normalized spacial score (nSPS) is 11.0. The third-order valence-electron chi connectivity index (χ3n) is 2.64. The van der Waals surface area contributed by atoms with Crippen LogP contribution in [0, 0.1) is 6.92 Å². The van der Waals surface area contributed by atoms with Crippen LogP contribution in [0.2, 0.25) is 0 Å². The Morgan fingerprint density at radius 1 is 1.28 bits per heavy atom. The fourth-order valence-corrected chi connectivity index (χ4v) is 1.96. The molecule has 0 saturated heterocycles. The van der Waals surface area contributed by atoms with Gasteiger partial charge in [-0.2, -0.15) is 5.10 Å². The summed E-state index contributed by atoms with van der Waals surface area (Å²) in [6.45, 7) is 1.66. The van der Waals surface area contributed by atoms with Crippen LogP contribution in [-0.4, -0.2) is 19.6 Å². The van der Waals surface area contributed by atoms with Crippen molar-refractivity contribution >= 4 is 21.7 Å². The van der Waals surface area contributed by atoms with Crippen molar-refractivity contribution in [2.24, 2.45) is 0 Å². The molecule has 2 heterocycles. The third kappa shape index (κ3) is 1.84. The molecule has 0 radical (unpaired) electrons. The van der Waals surface area contributed by atoms with Crippen LogP contribution in [0.4, 0.5) is 0 Å². The van der Waals surface area contributed by atoms with E-state index in [1.54, 1.807) is 17.6 Å². The van der Waals surface area contributed by atoms with Crippen LogP contribution in [0.3, 0.4) is 0 Å². The SMILES string of the molecule is Cc1nn2cc(-c3ccc(Br)cc3)nc2[nH]c1=O. The molecule has 0 aliphatic carbocycles. The summed E-state index contributed by atoms with van der Waals surface area (Å²) in [5.74, 6) is 0.448. The van der Waals surface area contributed by atoms with E-state index in [9.17, 15) is 4.79 Å². The maximum atomic E-state index is 11.4. The molecule has 0 aliphatic rings. The Balaban J connectivity index is 2.19. The highest BCUT2D eigenvalue weighted by molar-refractivity contribution is 9.10. The molecule has 5 nitrogen and oxygen atoms in total. The summed E-state index contributed by atoms with van der Waals surface area (Å²) in [7, 11) is 0. The van der Waals surface area contributed by atoms with Gasteiger partial charge in [-0.3, -0.25) is 9.78 Å². The quantitative estimate of drug-likeness (QED) is 0.749. The van der Waals surface area contributed by atoms with Crippen LogP contribution < -0.4 is 5.56 Å². The van der Waals surface area contributed by atoms with Crippen molar-refractivity contribution in [1.82, 2.24) is 19.6 Å². The van der Waals surface area contributed by atoms with Crippen LogP contribution in [0.15, 0.2) is 39.7 Å². The summed E-state index contributed by atoms with van der Waals surface area (Å²) in [6.07, 6.45) is 1.79. The van der Waals surface area contributed by atoms with Gasteiger partial charge >= 0.3 is 0 Å². The molecule has 1 aromatic carbocycles. The monoisotopic (exact) mass is 304 g/mol. The summed E-state index contributed by atoms with van der Waals surface area (Å²) in [5, 5.41) is 4.14. The Kier molecular flexibility index (Phi) is 2.52.